The second-order valence-electron chi connectivity index (χ2n) is 4.67. The Morgan fingerprint density at radius 3 is 2.71 bits per heavy atom. The van der Waals surface area contributed by atoms with Gasteiger partial charge >= 0.3 is 5.97 Å². The molecule has 0 spiro atoms. The Morgan fingerprint density at radius 1 is 1.24 bits per heavy atom. The quantitative estimate of drug-likeness (QED) is 0.880. The molecule has 0 fully saturated rings. The third kappa shape index (κ3) is 3.89. The molecule has 1 heterocycles. The fraction of sp³-hybridized carbons (Fsp3) is 0.188. The molecule has 2 aromatic rings. The van der Waals surface area contributed by atoms with Gasteiger partial charge in [-0.1, -0.05) is 24.3 Å². The van der Waals surface area contributed by atoms with Crippen LogP contribution in [0.5, 0.6) is 0 Å². The molecule has 0 aliphatic carbocycles. The second-order valence-corrected chi connectivity index (χ2v) is 4.67. The summed E-state index contributed by atoms with van der Waals surface area (Å²) in [6.07, 6.45) is 2.05. The molecule has 5 nitrogen and oxygen atoms in total. The van der Waals surface area contributed by atoms with Crippen molar-refractivity contribution in [2.24, 2.45) is 0 Å². The summed E-state index contributed by atoms with van der Waals surface area (Å²) in [7, 11) is 0. The molecule has 2 N–H and O–H groups in total. The number of hydrogen-bond acceptors (Lipinski definition) is 3. The van der Waals surface area contributed by atoms with Gasteiger partial charge in [-0.15, -0.1) is 0 Å². The lowest BCUT2D eigenvalue weighted by atomic mass is 10.1. The van der Waals surface area contributed by atoms with Crippen LogP contribution in [0.1, 0.15) is 32.0 Å². The van der Waals surface area contributed by atoms with E-state index in [1.54, 1.807) is 0 Å². The Labute approximate surface area is 122 Å². The Morgan fingerprint density at radius 2 is 2.00 bits per heavy atom. The fourth-order valence-electron chi connectivity index (χ4n) is 1.99. The molecule has 1 aromatic carbocycles. The van der Waals surface area contributed by atoms with Gasteiger partial charge in [0.1, 0.15) is 5.69 Å². The number of amides is 1. The number of carboxylic acid groups (broad SMARTS) is 1. The van der Waals surface area contributed by atoms with Crippen molar-refractivity contribution < 1.29 is 14.7 Å². The van der Waals surface area contributed by atoms with Gasteiger partial charge in [0.2, 0.25) is 0 Å². The van der Waals surface area contributed by atoms with Crippen LogP contribution in [-0.4, -0.2) is 28.5 Å². The highest BCUT2D eigenvalue weighted by atomic mass is 16.4. The maximum absolute atomic E-state index is 12.0. The summed E-state index contributed by atoms with van der Waals surface area (Å²) in [5.41, 5.74) is 2.52. The molecule has 2 rings (SSSR count). The number of carbonyl (C=O) groups is 2. The van der Waals surface area contributed by atoms with Crippen LogP contribution in [-0.2, 0) is 6.42 Å². The molecule has 0 aliphatic heterocycles. The zero-order chi connectivity index (χ0) is 15.2. The monoisotopic (exact) mass is 284 g/mol. The van der Waals surface area contributed by atoms with Crippen molar-refractivity contribution in [3.05, 3.63) is 65.0 Å². The lowest BCUT2D eigenvalue weighted by Crippen LogP contribution is -2.26. The highest BCUT2D eigenvalue weighted by Crippen LogP contribution is 2.07. The van der Waals surface area contributed by atoms with Crippen molar-refractivity contribution in [3.63, 3.8) is 0 Å². The molecule has 0 saturated heterocycles. The molecule has 1 aromatic heterocycles. The lowest BCUT2D eigenvalue weighted by molar-refractivity contribution is 0.0690. The van der Waals surface area contributed by atoms with Crippen LogP contribution in [0, 0.1) is 6.92 Å². The average molecular weight is 284 g/mol. The summed E-state index contributed by atoms with van der Waals surface area (Å²) in [6, 6.07) is 10.8. The first-order valence-electron chi connectivity index (χ1n) is 6.60. The summed E-state index contributed by atoms with van der Waals surface area (Å²) in [5, 5.41) is 11.6. The summed E-state index contributed by atoms with van der Waals surface area (Å²) in [6.45, 7) is 2.52. The van der Waals surface area contributed by atoms with Crippen LogP contribution in [0.25, 0.3) is 0 Å². The maximum atomic E-state index is 12.0. The van der Waals surface area contributed by atoms with E-state index in [0.29, 0.717) is 12.1 Å². The van der Waals surface area contributed by atoms with Gasteiger partial charge in [-0.25, -0.2) is 9.78 Å². The van der Waals surface area contributed by atoms with Crippen LogP contribution in [0.3, 0.4) is 0 Å². The number of carbonyl (C=O) groups excluding carboxylic acids is 1. The molecule has 0 atom stereocenters. The van der Waals surface area contributed by atoms with Crippen LogP contribution in [0.4, 0.5) is 0 Å². The zero-order valence-electron chi connectivity index (χ0n) is 11.7. The smallest absolute Gasteiger partial charge is 0.354 e. The van der Waals surface area contributed by atoms with Gasteiger partial charge < -0.3 is 10.4 Å². The number of nitrogens with one attached hydrogen (secondary N) is 1. The van der Waals surface area contributed by atoms with Crippen molar-refractivity contribution in [2.45, 2.75) is 13.3 Å². The summed E-state index contributed by atoms with van der Waals surface area (Å²) in [4.78, 5) is 26.5. The third-order valence-electron chi connectivity index (χ3n) is 3.18. The number of rotatable bonds is 5. The Kier molecular flexibility index (Phi) is 4.66. The van der Waals surface area contributed by atoms with Crippen LogP contribution >= 0.6 is 0 Å². The van der Waals surface area contributed by atoms with Gasteiger partial charge in [0.05, 0.1) is 0 Å². The molecule has 1 amide bonds. The van der Waals surface area contributed by atoms with E-state index in [-0.39, 0.29) is 11.6 Å². The molecule has 0 aliphatic rings. The van der Waals surface area contributed by atoms with Crippen molar-refractivity contribution in [3.8, 4) is 0 Å². The molecular weight excluding hydrogens is 268 g/mol. The zero-order valence-corrected chi connectivity index (χ0v) is 11.7. The Balaban J connectivity index is 1.95. The minimum atomic E-state index is -1.15. The second kappa shape index (κ2) is 6.65. The SMILES string of the molecule is Cc1ccccc1CCNC(=O)c1ccnc(C(=O)O)c1. The average Bonchev–Trinajstić information content (AvgIpc) is 2.49. The van der Waals surface area contributed by atoms with E-state index in [1.807, 2.05) is 31.2 Å². The Bertz CT molecular complexity index is 668. The summed E-state index contributed by atoms with van der Waals surface area (Å²) < 4.78 is 0. The van der Waals surface area contributed by atoms with E-state index < -0.39 is 5.97 Å². The standard InChI is InChI=1S/C16H16N2O3/c1-11-4-2-3-5-12(11)6-9-18-15(19)13-7-8-17-14(10-13)16(20)21/h2-5,7-8,10H,6,9H2,1H3,(H,18,19)(H,20,21). The molecule has 0 bridgehead atoms. The predicted molar refractivity (Wildman–Crippen MR) is 78.4 cm³/mol. The molecule has 0 unspecified atom stereocenters. The van der Waals surface area contributed by atoms with E-state index in [4.69, 9.17) is 5.11 Å². The fourth-order valence-corrected chi connectivity index (χ4v) is 1.99. The highest BCUT2D eigenvalue weighted by molar-refractivity contribution is 5.96. The predicted octanol–water partition coefficient (Wildman–Crippen LogP) is 2.06. The minimum Gasteiger partial charge on any atom is -0.477 e. The number of carboxylic acids is 1. The number of hydrogen-bond donors (Lipinski definition) is 2. The molecule has 0 saturated carbocycles. The summed E-state index contributed by atoms with van der Waals surface area (Å²) >= 11 is 0. The van der Waals surface area contributed by atoms with Crippen molar-refractivity contribution in [2.75, 3.05) is 6.54 Å². The third-order valence-corrected chi connectivity index (χ3v) is 3.18. The highest BCUT2D eigenvalue weighted by Gasteiger charge is 2.10. The van der Waals surface area contributed by atoms with E-state index in [1.165, 1.54) is 29.5 Å². The largest absolute Gasteiger partial charge is 0.477 e. The topological polar surface area (TPSA) is 79.3 Å². The number of benzene rings is 1. The van der Waals surface area contributed by atoms with Crippen LogP contribution in [0.15, 0.2) is 42.6 Å². The van der Waals surface area contributed by atoms with Crippen molar-refractivity contribution in [1.29, 1.82) is 0 Å². The van der Waals surface area contributed by atoms with Gasteiger partial charge in [-0.3, -0.25) is 4.79 Å². The summed E-state index contributed by atoms with van der Waals surface area (Å²) in [5.74, 6) is -1.45. The van der Waals surface area contributed by atoms with Gasteiger partial charge in [-0.05, 0) is 36.6 Å². The first-order chi connectivity index (χ1) is 10.1. The lowest BCUT2D eigenvalue weighted by Gasteiger charge is -2.07. The number of aromatic carboxylic acids is 1. The number of nitrogens with zero attached hydrogens (tertiary/aromatic N) is 1. The molecule has 108 valence electrons. The molecule has 5 heteroatoms. The van der Waals surface area contributed by atoms with E-state index in [2.05, 4.69) is 10.3 Å². The van der Waals surface area contributed by atoms with Crippen molar-refractivity contribution >= 4 is 11.9 Å². The van der Waals surface area contributed by atoms with Gasteiger partial charge in [0.15, 0.2) is 0 Å². The van der Waals surface area contributed by atoms with E-state index >= 15 is 0 Å². The molecular formula is C16H16N2O3. The van der Waals surface area contributed by atoms with E-state index in [0.717, 1.165) is 6.42 Å². The van der Waals surface area contributed by atoms with Crippen LogP contribution < -0.4 is 5.32 Å². The Hall–Kier alpha value is -2.69. The van der Waals surface area contributed by atoms with Gasteiger partial charge in [-0.2, -0.15) is 0 Å². The number of pyridine rings is 1. The normalized spacial score (nSPS) is 10.1. The number of aromatic nitrogens is 1. The minimum absolute atomic E-state index is 0.137. The van der Waals surface area contributed by atoms with Gasteiger partial charge in [0.25, 0.3) is 5.91 Å². The molecule has 0 radical (unpaired) electrons. The van der Waals surface area contributed by atoms with Crippen LogP contribution in [0.2, 0.25) is 0 Å². The van der Waals surface area contributed by atoms with E-state index in [9.17, 15) is 9.59 Å². The maximum Gasteiger partial charge on any atom is 0.354 e. The molecule has 21 heavy (non-hydrogen) atoms. The first-order valence-corrected chi connectivity index (χ1v) is 6.60. The van der Waals surface area contributed by atoms with Crippen molar-refractivity contribution in [1.82, 2.24) is 10.3 Å². The first kappa shape index (κ1) is 14.7. The van der Waals surface area contributed by atoms with Gasteiger partial charge in [0, 0.05) is 18.3 Å². The number of aryl methyl sites for hydroxylation is 1.